The number of nitrogens with zero attached hydrogens (tertiary/aromatic N) is 5. The number of ether oxygens (including phenoxy) is 1. The van der Waals surface area contributed by atoms with Crippen molar-refractivity contribution in [2.75, 3.05) is 59.5 Å². The summed E-state index contributed by atoms with van der Waals surface area (Å²) in [5, 5.41) is 15.4. The van der Waals surface area contributed by atoms with E-state index in [2.05, 4.69) is 20.2 Å². The first-order chi connectivity index (χ1) is 17.0. The van der Waals surface area contributed by atoms with E-state index in [1.54, 1.807) is 31.9 Å². The zero-order chi connectivity index (χ0) is 26.5. The van der Waals surface area contributed by atoms with Crippen molar-refractivity contribution in [2.24, 2.45) is 10.4 Å². The number of esters is 1. The lowest BCUT2D eigenvalue weighted by Gasteiger charge is -2.49. The first-order valence-corrected chi connectivity index (χ1v) is 12.8. The molecule has 11 nitrogen and oxygen atoms in total. The quantitative estimate of drug-likeness (QED) is 0.323. The van der Waals surface area contributed by atoms with Gasteiger partial charge in [0.25, 0.3) is 0 Å². The molecule has 1 aromatic rings. The van der Waals surface area contributed by atoms with Gasteiger partial charge >= 0.3 is 11.9 Å². The molecule has 2 aliphatic heterocycles. The Morgan fingerprint density at radius 3 is 2.75 bits per heavy atom. The molecule has 1 saturated heterocycles. The topological polar surface area (TPSA) is 128 Å². The number of carboxylic acid groups (broad SMARTS) is 1. The molecule has 1 fully saturated rings. The third-order valence-electron chi connectivity index (χ3n) is 6.46. The molecule has 2 aliphatic rings. The molecule has 1 unspecified atom stereocenters. The van der Waals surface area contributed by atoms with Gasteiger partial charge in [0.05, 0.1) is 29.7 Å². The number of likely N-dealkylation sites (N-methyl/N-ethyl adjacent to an activating group) is 1. The molecule has 0 saturated carbocycles. The molecule has 1 amide bonds. The molecule has 0 aromatic carbocycles. The normalized spacial score (nSPS) is 21.3. The van der Waals surface area contributed by atoms with E-state index in [0.717, 1.165) is 17.1 Å². The Morgan fingerprint density at radius 1 is 1.39 bits per heavy atom. The molecule has 3 rings (SSSR count). The van der Waals surface area contributed by atoms with E-state index in [0.29, 0.717) is 50.7 Å². The largest absolute Gasteiger partial charge is 0.481 e. The van der Waals surface area contributed by atoms with Crippen LogP contribution in [0.5, 0.6) is 0 Å². The highest BCUT2D eigenvalue weighted by atomic mass is 32.1. The Hall–Kier alpha value is -2.83. The lowest BCUT2D eigenvalue weighted by atomic mass is 9.91. The number of thiazole rings is 1. The number of rotatable bonds is 11. The van der Waals surface area contributed by atoms with Gasteiger partial charge < -0.3 is 25.0 Å². The van der Waals surface area contributed by atoms with Crippen LogP contribution in [-0.2, 0) is 19.1 Å². The van der Waals surface area contributed by atoms with E-state index in [9.17, 15) is 19.5 Å². The second-order valence-electron chi connectivity index (χ2n) is 10.2. The molecule has 12 heteroatoms. The molecule has 0 spiro atoms. The van der Waals surface area contributed by atoms with Crippen LogP contribution in [0, 0.1) is 5.41 Å². The van der Waals surface area contributed by atoms with E-state index < -0.39 is 22.9 Å². The maximum atomic E-state index is 12.7. The third-order valence-corrected chi connectivity index (χ3v) is 7.24. The van der Waals surface area contributed by atoms with Crippen LogP contribution in [-0.4, -0.2) is 114 Å². The number of aliphatic imine (C=N–C) groups is 1. The van der Waals surface area contributed by atoms with Crippen molar-refractivity contribution in [3.8, 4) is 0 Å². The lowest BCUT2D eigenvalue weighted by Crippen LogP contribution is -2.65. The average Bonchev–Trinajstić information content (AvgIpc) is 3.33. The third kappa shape index (κ3) is 6.48. The van der Waals surface area contributed by atoms with E-state index in [1.165, 1.54) is 11.3 Å². The Labute approximate surface area is 215 Å². The highest BCUT2D eigenvalue weighted by Crippen LogP contribution is 2.25. The van der Waals surface area contributed by atoms with Crippen molar-refractivity contribution in [3.63, 3.8) is 0 Å². The number of amides is 1. The minimum Gasteiger partial charge on any atom is -0.481 e. The van der Waals surface area contributed by atoms with Gasteiger partial charge in [0.15, 0.2) is 10.8 Å². The summed E-state index contributed by atoms with van der Waals surface area (Å²) in [5.41, 5.74) is -0.259. The molecular formula is C24H36N6O5S. The number of hydrogen-bond acceptors (Lipinski definition) is 10. The monoisotopic (exact) mass is 520 g/mol. The minimum atomic E-state index is -0.914. The molecule has 0 bridgehead atoms. The van der Waals surface area contributed by atoms with Crippen LogP contribution in [0.1, 0.15) is 32.7 Å². The van der Waals surface area contributed by atoms with Crippen LogP contribution in [0.4, 0.5) is 0 Å². The number of aliphatic carboxylic acids is 1. The van der Waals surface area contributed by atoms with Crippen molar-refractivity contribution in [3.05, 3.63) is 27.9 Å². The molecule has 36 heavy (non-hydrogen) atoms. The molecule has 1 atom stereocenters. The maximum absolute atomic E-state index is 12.7. The van der Waals surface area contributed by atoms with Crippen molar-refractivity contribution < 1.29 is 24.2 Å². The van der Waals surface area contributed by atoms with Crippen molar-refractivity contribution in [1.82, 2.24) is 25.0 Å². The van der Waals surface area contributed by atoms with Crippen molar-refractivity contribution in [2.45, 2.75) is 33.2 Å². The molecule has 1 aromatic heterocycles. The second-order valence-corrected chi connectivity index (χ2v) is 11.1. The number of carbonyl (C=O) groups excluding carboxylic acids is 2. The number of piperazine rings is 1. The summed E-state index contributed by atoms with van der Waals surface area (Å²) in [6.07, 6.45) is 2.57. The number of carbonyl (C=O) groups is 3. The van der Waals surface area contributed by atoms with Crippen LogP contribution < -0.4 is 5.32 Å². The fourth-order valence-corrected chi connectivity index (χ4v) is 5.34. The van der Waals surface area contributed by atoms with E-state index >= 15 is 0 Å². The summed E-state index contributed by atoms with van der Waals surface area (Å²) in [5.74, 6) is -0.638. The van der Waals surface area contributed by atoms with Gasteiger partial charge in [0.1, 0.15) is 0 Å². The van der Waals surface area contributed by atoms with E-state index in [-0.39, 0.29) is 13.2 Å². The highest BCUT2D eigenvalue weighted by Gasteiger charge is 2.40. The van der Waals surface area contributed by atoms with Crippen LogP contribution in [0.25, 0.3) is 0 Å². The fraction of sp³-hybridized carbons (Fsp3) is 0.625. The first-order valence-electron chi connectivity index (χ1n) is 12.0. The lowest BCUT2D eigenvalue weighted by molar-refractivity contribution is -0.148. The van der Waals surface area contributed by atoms with Gasteiger partial charge in [-0.2, -0.15) is 0 Å². The number of hydrogen-bond donors (Lipinski definition) is 2. The standard InChI is InChI=1S/C24H36N6O5S/c1-6-35-21(32)17-11-26-19(20-25-7-10-36-20)27-18(17)12-29-8-9-30(16-31)24(4,15-29)14-28(5)13-23(2,3)22(33)34/h7,10,16H,6,8-9,11-15H2,1-5H3,(H,26,27)(H,33,34). The van der Waals surface area contributed by atoms with Crippen LogP contribution in [0.3, 0.4) is 0 Å². The first kappa shape index (κ1) is 27.8. The number of carboxylic acids is 1. The van der Waals surface area contributed by atoms with Gasteiger partial charge in [0, 0.05) is 56.5 Å². The van der Waals surface area contributed by atoms with E-state index in [1.807, 2.05) is 24.3 Å². The van der Waals surface area contributed by atoms with Gasteiger partial charge in [-0.1, -0.05) is 0 Å². The molecular weight excluding hydrogens is 484 g/mol. The zero-order valence-corrected chi connectivity index (χ0v) is 22.4. The summed E-state index contributed by atoms with van der Waals surface area (Å²) < 4.78 is 5.27. The van der Waals surface area contributed by atoms with Crippen LogP contribution in [0.2, 0.25) is 0 Å². The number of nitrogens with one attached hydrogen (secondary N) is 1. The Balaban J connectivity index is 1.78. The summed E-state index contributed by atoms with van der Waals surface area (Å²) in [6, 6.07) is 0. The molecule has 2 N–H and O–H groups in total. The molecule has 3 heterocycles. The Morgan fingerprint density at radius 2 is 2.14 bits per heavy atom. The van der Waals surface area contributed by atoms with Crippen molar-refractivity contribution in [1.29, 1.82) is 0 Å². The Kier molecular flexibility index (Phi) is 8.85. The van der Waals surface area contributed by atoms with Crippen molar-refractivity contribution >= 4 is 35.5 Å². The SMILES string of the molecule is CCOC(=O)C1=C(CN2CCN(C=O)C(C)(CN(C)CC(C)(C)C(=O)O)C2)NC(c2nccs2)=NC1. The summed E-state index contributed by atoms with van der Waals surface area (Å²) >= 11 is 1.46. The fourth-order valence-electron chi connectivity index (χ4n) is 4.74. The van der Waals surface area contributed by atoms with Crippen LogP contribution in [0.15, 0.2) is 27.8 Å². The van der Waals surface area contributed by atoms with Gasteiger partial charge in [-0.3, -0.25) is 19.5 Å². The van der Waals surface area contributed by atoms with Gasteiger partial charge in [-0.15, -0.1) is 11.3 Å². The number of amidine groups is 1. The summed E-state index contributed by atoms with van der Waals surface area (Å²) in [6.45, 7) is 10.6. The summed E-state index contributed by atoms with van der Waals surface area (Å²) in [7, 11) is 1.87. The predicted molar refractivity (Wildman–Crippen MR) is 137 cm³/mol. The average molecular weight is 521 g/mol. The highest BCUT2D eigenvalue weighted by molar-refractivity contribution is 7.11. The van der Waals surface area contributed by atoms with Gasteiger partial charge in [-0.25, -0.2) is 9.78 Å². The van der Waals surface area contributed by atoms with Crippen LogP contribution >= 0.6 is 11.3 Å². The second kappa shape index (κ2) is 11.5. The maximum Gasteiger partial charge on any atom is 0.337 e. The minimum absolute atomic E-state index is 0.203. The smallest absolute Gasteiger partial charge is 0.337 e. The number of aromatic nitrogens is 1. The van der Waals surface area contributed by atoms with Gasteiger partial charge in [-0.05, 0) is 34.7 Å². The molecule has 0 radical (unpaired) electrons. The summed E-state index contributed by atoms with van der Waals surface area (Å²) in [4.78, 5) is 51.0. The zero-order valence-electron chi connectivity index (χ0n) is 21.6. The predicted octanol–water partition coefficient (Wildman–Crippen LogP) is 0.885. The van der Waals surface area contributed by atoms with Gasteiger partial charge in [0.2, 0.25) is 6.41 Å². The van der Waals surface area contributed by atoms with E-state index in [4.69, 9.17) is 4.74 Å². The molecule has 198 valence electrons. The Bertz CT molecular complexity index is 1020. The molecule has 0 aliphatic carbocycles.